The highest BCUT2D eigenvalue weighted by Crippen LogP contribution is 2.32. The molecule has 1 fully saturated rings. The standard InChI is InChI=1S/C18H19BrClN5/c19-14-11-22-25-17(24(21)12-6-2-1-3-7-12)10-16(23-18(14)25)13-8-4-5-9-15(13)20/h4-5,8-12H,1-3,6-7,21H2. The minimum atomic E-state index is 0.321. The van der Waals surface area contributed by atoms with Gasteiger partial charge in [-0.3, -0.25) is 5.01 Å². The van der Waals surface area contributed by atoms with E-state index in [1.54, 1.807) is 10.7 Å². The fourth-order valence-corrected chi connectivity index (χ4v) is 4.04. The van der Waals surface area contributed by atoms with Crippen LogP contribution in [0.4, 0.5) is 5.82 Å². The van der Waals surface area contributed by atoms with Gasteiger partial charge in [-0.25, -0.2) is 10.8 Å². The lowest BCUT2D eigenvalue weighted by Gasteiger charge is -2.32. The molecule has 130 valence electrons. The van der Waals surface area contributed by atoms with Crippen LogP contribution >= 0.6 is 27.5 Å². The monoisotopic (exact) mass is 419 g/mol. The predicted molar refractivity (Wildman–Crippen MR) is 105 cm³/mol. The van der Waals surface area contributed by atoms with Gasteiger partial charge in [-0.05, 0) is 34.8 Å². The average molecular weight is 421 g/mol. The molecule has 2 N–H and O–H groups in total. The highest BCUT2D eigenvalue weighted by atomic mass is 79.9. The fraction of sp³-hybridized carbons (Fsp3) is 0.333. The Bertz CT molecular complexity index is 904. The molecule has 1 aromatic carbocycles. The van der Waals surface area contributed by atoms with Crippen molar-refractivity contribution in [3.8, 4) is 11.3 Å². The molecule has 1 aliphatic rings. The zero-order valence-electron chi connectivity index (χ0n) is 13.7. The highest BCUT2D eigenvalue weighted by molar-refractivity contribution is 9.10. The molecular weight excluding hydrogens is 402 g/mol. The van der Waals surface area contributed by atoms with Gasteiger partial charge in [0.25, 0.3) is 0 Å². The lowest BCUT2D eigenvalue weighted by Crippen LogP contribution is -2.43. The molecule has 0 aliphatic heterocycles. The van der Waals surface area contributed by atoms with Gasteiger partial charge < -0.3 is 0 Å². The Hall–Kier alpha value is -1.63. The molecule has 0 radical (unpaired) electrons. The van der Waals surface area contributed by atoms with E-state index in [0.717, 1.165) is 40.0 Å². The van der Waals surface area contributed by atoms with E-state index in [0.29, 0.717) is 11.1 Å². The summed E-state index contributed by atoms with van der Waals surface area (Å²) in [6.45, 7) is 0. The summed E-state index contributed by atoms with van der Waals surface area (Å²) < 4.78 is 2.62. The summed E-state index contributed by atoms with van der Waals surface area (Å²) in [7, 11) is 0. The van der Waals surface area contributed by atoms with Crippen LogP contribution in [0, 0.1) is 0 Å². The molecule has 0 spiro atoms. The van der Waals surface area contributed by atoms with E-state index in [1.807, 2.05) is 35.3 Å². The maximum Gasteiger partial charge on any atom is 0.172 e. The first-order valence-corrected chi connectivity index (χ1v) is 9.65. The number of hydrogen-bond acceptors (Lipinski definition) is 4. The summed E-state index contributed by atoms with van der Waals surface area (Å²) in [4.78, 5) is 4.74. The molecule has 4 rings (SSSR count). The molecule has 2 heterocycles. The number of nitrogens with two attached hydrogens (primary N) is 1. The van der Waals surface area contributed by atoms with Gasteiger partial charge in [-0.1, -0.05) is 49.1 Å². The van der Waals surface area contributed by atoms with Crippen molar-refractivity contribution >= 4 is 39.0 Å². The van der Waals surface area contributed by atoms with E-state index in [2.05, 4.69) is 21.0 Å². The van der Waals surface area contributed by atoms with Crippen molar-refractivity contribution in [3.63, 3.8) is 0 Å². The summed E-state index contributed by atoms with van der Waals surface area (Å²) in [5.74, 6) is 7.36. The third-order valence-corrected chi connectivity index (χ3v) is 5.68. The van der Waals surface area contributed by atoms with Gasteiger partial charge >= 0.3 is 0 Å². The van der Waals surface area contributed by atoms with Crippen molar-refractivity contribution in [2.24, 2.45) is 5.84 Å². The Kier molecular flexibility index (Phi) is 4.67. The zero-order valence-corrected chi connectivity index (χ0v) is 16.0. The van der Waals surface area contributed by atoms with Gasteiger partial charge in [-0.2, -0.15) is 9.61 Å². The first-order chi connectivity index (χ1) is 12.1. The fourth-order valence-electron chi connectivity index (χ4n) is 3.46. The third kappa shape index (κ3) is 3.14. The van der Waals surface area contributed by atoms with E-state index in [9.17, 15) is 0 Å². The van der Waals surface area contributed by atoms with Gasteiger partial charge in [0.15, 0.2) is 5.65 Å². The molecule has 0 amide bonds. The Morgan fingerprint density at radius 1 is 1.20 bits per heavy atom. The van der Waals surface area contributed by atoms with Crippen molar-refractivity contribution in [2.75, 3.05) is 5.01 Å². The maximum atomic E-state index is 6.53. The van der Waals surface area contributed by atoms with Gasteiger partial charge in [-0.15, -0.1) is 0 Å². The smallest absolute Gasteiger partial charge is 0.172 e. The summed E-state index contributed by atoms with van der Waals surface area (Å²) in [6.07, 6.45) is 7.67. The number of rotatable bonds is 3. The molecular formula is C18H19BrClN5. The lowest BCUT2D eigenvalue weighted by atomic mass is 9.95. The van der Waals surface area contributed by atoms with E-state index >= 15 is 0 Å². The minimum Gasteiger partial charge on any atom is -0.292 e. The van der Waals surface area contributed by atoms with Gasteiger partial charge in [0.1, 0.15) is 5.82 Å². The Morgan fingerprint density at radius 2 is 1.96 bits per heavy atom. The highest BCUT2D eigenvalue weighted by Gasteiger charge is 2.23. The number of fused-ring (bicyclic) bond motifs is 1. The number of benzene rings is 1. The van der Waals surface area contributed by atoms with Crippen LogP contribution in [0.1, 0.15) is 32.1 Å². The van der Waals surface area contributed by atoms with Crippen molar-refractivity contribution < 1.29 is 0 Å². The van der Waals surface area contributed by atoms with Crippen LogP contribution in [0.2, 0.25) is 5.02 Å². The summed E-state index contributed by atoms with van der Waals surface area (Å²) in [6, 6.07) is 10.0. The Balaban J connectivity index is 1.86. The Labute approximate surface area is 159 Å². The largest absolute Gasteiger partial charge is 0.292 e. The van der Waals surface area contributed by atoms with Gasteiger partial charge in [0, 0.05) is 22.7 Å². The normalized spacial score (nSPS) is 15.6. The van der Waals surface area contributed by atoms with Crippen LogP contribution in [0.25, 0.3) is 16.9 Å². The Morgan fingerprint density at radius 3 is 2.72 bits per heavy atom. The van der Waals surface area contributed by atoms with Crippen LogP contribution in [-0.2, 0) is 0 Å². The van der Waals surface area contributed by atoms with E-state index in [4.69, 9.17) is 22.4 Å². The molecule has 1 aliphatic carbocycles. The molecule has 5 nitrogen and oxygen atoms in total. The second-order valence-corrected chi connectivity index (χ2v) is 7.67. The van der Waals surface area contributed by atoms with Crippen LogP contribution < -0.4 is 10.9 Å². The second-order valence-electron chi connectivity index (χ2n) is 6.41. The number of nitrogens with zero attached hydrogens (tertiary/aromatic N) is 4. The molecule has 25 heavy (non-hydrogen) atoms. The van der Waals surface area contributed by atoms with E-state index in [-0.39, 0.29) is 0 Å². The summed E-state index contributed by atoms with van der Waals surface area (Å²) in [5.41, 5.74) is 2.41. The number of halogens is 2. The van der Waals surface area contributed by atoms with Crippen LogP contribution in [-0.4, -0.2) is 20.6 Å². The van der Waals surface area contributed by atoms with E-state index in [1.165, 1.54) is 19.3 Å². The van der Waals surface area contributed by atoms with Crippen molar-refractivity contribution in [1.29, 1.82) is 0 Å². The molecule has 2 aromatic heterocycles. The molecule has 0 unspecified atom stereocenters. The van der Waals surface area contributed by atoms with Crippen LogP contribution in [0.5, 0.6) is 0 Å². The SMILES string of the molecule is NN(c1cc(-c2ccccc2Cl)nc2c(Br)cnn12)C1CCCCC1. The van der Waals surface area contributed by atoms with Crippen molar-refractivity contribution in [2.45, 2.75) is 38.1 Å². The molecule has 1 saturated carbocycles. The second kappa shape index (κ2) is 6.94. The average Bonchev–Trinajstić information content (AvgIpc) is 3.02. The quantitative estimate of drug-likeness (QED) is 0.487. The molecule has 0 saturated heterocycles. The molecule has 0 atom stereocenters. The maximum absolute atomic E-state index is 6.53. The molecule has 0 bridgehead atoms. The molecule has 7 heteroatoms. The molecule has 3 aromatic rings. The van der Waals surface area contributed by atoms with Gasteiger partial charge in [0.2, 0.25) is 0 Å². The topological polar surface area (TPSA) is 59.5 Å². The van der Waals surface area contributed by atoms with Crippen molar-refractivity contribution in [1.82, 2.24) is 14.6 Å². The number of hydrazine groups is 1. The predicted octanol–water partition coefficient (Wildman–Crippen LogP) is 4.83. The summed E-state index contributed by atoms with van der Waals surface area (Å²) >= 11 is 9.92. The number of hydrogen-bond donors (Lipinski definition) is 1. The first kappa shape index (κ1) is 16.8. The van der Waals surface area contributed by atoms with E-state index < -0.39 is 0 Å². The lowest BCUT2D eigenvalue weighted by molar-refractivity contribution is 0.414. The summed E-state index contributed by atoms with van der Waals surface area (Å²) in [5, 5.41) is 6.97. The third-order valence-electron chi connectivity index (χ3n) is 4.79. The number of aromatic nitrogens is 3. The zero-order chi connectivity index (χ0) is 17.4. The van der Waals surface area contributed by atoms with Crippen LogP contribution in [0.15, 0.2) is 41.0 Å². The van der Waals surface area contributed by atoms with Crippen molar-refractivity contribution in [3.05, 3.63) is 46.0 Å². The number of anilines is 1. The van der Waals surface area contributed by atoms with Crippen LogP contribution in [0.3, 0.4) is 0 Å². The van der Waals surface area contributed by atoms with Gasteiger partial charge in [0.05, 0.1) is 16.4 Å². The first-order valence-electron chi connectivity index (χ1n) is 8.48. The minimum absolute atomic E-state index is 0.321.